The highest BCUT2D eigenvalue weighted by atomic mass is 19.1. The second-order valence-corrected chi connectivity index (χ2v) is 4.83. The molecule has 2 aliphatic rings. The summed E-state index contributed by atoms with van der Waals surface area (Å²) in [5.41, 5.74) is 0.241. The fourth-order valence-electron chi connectivity index (χ4n) is 2.92. The van der Waals surface area contributed by atoms with Crippen LogP contribution in [0, 0.1) is 5.92 Å². The highest BCUT2D eigenvalue weighted by Crippen LogP contribution is 2.37. The molecular weight excluding hydrogens is 153 g/mol. The summed E-state index contributed by atoms with van der Waals surface area (Å²) in [6, 6.07) is 0.146. The normalized spacial score (nSPS) is 53.8. The average Bonchev–Trinajstić information content (AvgIpc) is 2.00. The molecule has 1 unspecified atom stereocenters. The first-order valence-corrected chi connectivity index (χ1v) is 5.02. The smallest absolute Gasteiger partial charge is 0.118 e. The predicted molar refractivity (Wildman–Crippen MR) is 47.9 cm³/mol. The summed E-state index contributed by atoms with van der Waals surface area (Å²) >= 11 is 0. The van der Waals surface area contributed by atoms with Crippen LogP contribution in [0.3, 0.4) is 0 Å². The molecule has 1 N–H and O–H groups in total. The molecule has 2 saturated heterocycles. The van der Waals surface area contributed by atoms with Gasteiger partial charge in [0.15, 0.2) is 0 Å². The Labute approximate surface area is 73.7 Å². The molecule has 2 rings (SSSR count). The van der Waals surface area contributed by atoms with Crippen molar-refractivity contribution in [2.45, 2.75) is 57.3 Å². The van der Waals surface area contributed by atoms with Crippen molar-refractivity contribution in [3.05, 3.63) is 0 Å². The summed E-state index contributed by atoms with van der Waals surface area (Å²) in [5, 5.41) is 3.43. The third-order valence-corrected chi connectivity index (χ3v) is 3.48. The molecule has 0 amide bonds. The molecule has 0 aliphatic carbocycles. The Morgan fingerprint density at radius 2 is 2.25 bits per heavy atom. The molecule has 4 atom stereocenters. The van der Waals surface area contributed by atoms with Crippen molar-refractivity contribution in [2.24, 2.45) is 5.92 Å². The van der Waals surface area contributed by atoms with E-state index in [9.17, 15) is 4.39 Å². The first kappa shape index (κ1) is 8.49. The number of hydrogen-bond donors (Lipinski definition) is 1. The molecule has 2 fully saturated rings. The van der Waals surface area contributed by atoms with Gasteiger partial charge >= 0.3 is 0 Å². The van der Waals surface area contributed by atoms with Crippen molar-refractivity contribution in [1.82, 2.24) is 5.32 Å². The van der Waals surface area contributed by atoms with Gasteiger partial charge in [0, 0.05) is 11.6 Å². The third-order valence-electron chi connectivity index (χ3n) is 3.48. The fraction of sp³-hybridized carbons (Fsp3) is 1.00. The summed E-state index contributed by atoms with van der Waals surface area (Å²) < 4.78 is 13.6. The molecule has 2 heteroatoms. The van der Waals surface area contributed by atoms with Gasteiger partial charge in [0.25, 0.3) is 0 Å². The van der Waals surface area contributed by atoms with Crippen LogP contribution in [0.2, 0.25) is 0 Å². The second kappa shape index (κ2) is 2.69. The molecule has 70 valence electrons. The van der Waals surface area contributed by atoms with Crippen LogP contribution < -0.4 is 5.32 Å². The van der Waals surface area contributed by atoms with E-state index in [0.717, 1.165) is 12.8 Å². The molecule has 0 aromatic heterocycles. The van der Waals surface area contributed by atoms with Gasteiger partial charge in [-0.1, -0.05) is 6.92 Å². The van der Waals surface area contributed by atoms with Crippen molar-refractivity contribution in [2.75, 3.05) is 0 Å². The highest BCUT2D eigenvalue weighted by Gasteiger charge is 2.43. The van der Waals surface area contributed by atoms with E-state index in [4.69, 9.17) is 0 Å². The fourth-order valence-corrected chi connectivity index (χ4v) is 2.92. The zero-order valence-electron chi connectivity index (χ0n) is 7.94. The maximum Gasteiger partial charge on any atom is 0.118 e. The number of piperidine rings is 2. The Morgan fingerprint density at radius 3 is 3.00 bits per heavy atom. The van der Waals surface area contributed by atoms with E-state index >= 15 is 0 Å². The van der Waals surface area contributed by atoms with Crippen LogP contribution in [-0.4, -0.2) is 17.8 Å². The first-order valence-electron chi connectivity index (χ1n) is 5.02. The van der Waals surface area contributed by atoms with Crippen LogP contribution >= 0.6 is 0 Å². The lowest BCUT2D eigenvalue weighted by Gasteiger charge is -2.48. The minimum atomic E-state index is -0.613. The largest absolute Gasteiger partial charge is 0.306 e. The minimum absolute atomic E-state index is 0.146. The Hall–Kier alpha value is -0.110. The summed E-state index contributed by atoms with van der Waals surface area (Å²) in [7, 11) is 0. The molecule has 0 aromatic carbocycles. The summed E-state index contributed by atoms with van der Waals surface area (Å²) in [4.78, 5) is 0. The number of halogens is 1. The lowest BCUT2D eigenvalue weighted by Crippen LogP contribution is -2.61. The topological polar surface area (TPSA) is 12.0 Å². The molecule has 0 aromatic rings. The van der Waals surface area contributed by atoms with Gasteiger partial charge in [0.2, 0.25) is 0 Å². The van der Waals surface area contributed by atoms with Crippen LogP contribution in [0.1, 0.15) is 39.5 Å². The lowest BCUT2D eigenvalue weighted by molar-refractivity contribution is 0.0375. The molecular formula is C10H18FN. The number of hydrogen-bond acceptors (Lipinski definition) is 1. The minimum Gasteiger partial charge on any atom is -0.306 e. The van der Waals surface area contributed by atoms with Crippen molar-refractivity contribution in [1.29, 1.82) is 0 Å². The first-order chi connectivity index (χ1) is 5.61. The number of rotatable bonds is 0. The van der Waals surface area contributed by atoms with Gasteiger partial charge in [-0.05, 0) is 38.5 Å². The molecule has 2 bridgehead atoms. The molecule has 1 nitrogen and oxygen atoms in total. The zero-order valence-corrected chi connectivity index (χ0v) is 7.94. The van der Waals surface area contributed by atoms with E-state index in [2.05, 4.69) is 12.2 Å². The number of nitrogens with one attached hydrogen (secondary N) is 1. The standard InChI is InChI=1S/C10H18FN/c1-7-6-10(2)5-3-4-8(12-10)9(7)11/h7-9,12H,3-6H2,1-2H3/t7?,8-,9+,10+/m1/s1. The van der Waals surface area contributed by atoms with Gasteiger partial charge < -0.3 is 5.32 Å². The maximum atomic E-state index is 13.6. The van der Waals surface area contributed by atoms with Gasteiger partial charge in [0.05, 0.1) is 0 Å². The van der Waals surface area contributed by atoms with Crippen molar-refractivity contribution < 1.29 is 4.39 Å². The van der Waals surface area contributed by atoms with Crippen molar-refractivity contribution in [3.8, 4) is 0 Å². The maximum absolute atomic E-state index is 13.6. The van der Waals surface area contributed by atoms with Gasteiger partial charge in [-0.3, -0.25) is 0 Å². The molecule has 0 radical (unpaired) electrons. The summed E-state index contributed by atoms with van der Waals surface area (Å²) in [6.45, 7) is 4.28. The molecule has 12 heavy (non-hydrogen) atoms. The summed E-state index contributed by atoms with van der Waals surface area (Å²) in [5.74, 6) is 0.251. The van der Waals surface area contributed by atoms with Crippen LogP contribution in [0.15, 0.2) is 0 Å². The van der Waals surface area contributed by atoms with E-state index in [1.165, 1.54) is 12.8 Å². The Balaban J connectivity index is 2.14. The Bertz CT molecular complexity index is 179. The van der Waals surface area contributed by atoms with Gasteiger partial charge in [-0.15, -0.1) is 0 Å². The lowest BCUT2D eigenvalue weighted by atomic mass is 9.72. The van der Waals surface area contributed by atoms with E-state index in [-0.39, 0.29) is 17.5 Å². The summed E-state index contributed by atoms with van der Waals surface area (Å²) in [6.07, 6.45) is 3.84. The highest BCUT2D eigenvalue weighted by molar-refractivity contribution is 5.01. The van der Waals surface area contributed by atoms with E-state index in [1.54, 1.807) is 0 Å². The van der Waals surface area contributed by atoms with Crippen LogP contribution in [-0.2, 0) is 0 Å². The van der Waals surface area contributed by atoms with Crippen LogP contribution in [0.5, 0.6) is 0 Å². The second-order valence-electron chi connectivity index (χ2n) is 4.83. The Kier molecular flexibility index (Phi) is 1.90. The quantitative estimate of drug-likeness (QED) is 0.589. The predicted octanol–water partition coefficient (Wildman–Crippen LogP) is 2.27. The SMILES string of the molecule is CC1C[C@]2(C)CCC[C@@H](N2)[C@H]1F. The van der Waals surface area contributed by atoms with E-state index < -0.39 is 6.17 Å². The molecule has 2 heterocycles. The van der Waals surface area contributed by atoms with Gasteiger partial charge in [-0.2, -0.15) is 0 Å². The van der Waals surface area contributed by atoms with Gasteiger partial charge in [-0.25, -0.2) is 4.39 Å². The number of alkyl halides is 1. The van der Waals surface area contributed by atoms with Crippen molar-refractivity contribution in [3.63, 3.8) is 0 Å². The Morgan fingerprint density at radius 1 is 1.50 bits per heavy atom. The van der Waals surface area contributed by atoms with Gasteiger partial charge in [0.1, 0.15) is 6.17 Å². The monoisotopic (exact) mass is 171 g/mol. The van der Waals surface area contributed by atoms with E-state index in [1.807, 2.05) is 6.92 Å². The number of fused-ring (bicyclic) bond motifs is 2. The zero-order chi connectivity index (χ0) is 8.77. The average molecular weight is 171 g/mol. The third kappa shape index (κ3) is 1.26. The molecule has 2 aliphatic heterocycles. The van der Waals surface area contributed by atoms with Crippen LogP contribution in [0.25, 0.3) is 0 Å². The van der Waals surface area contributed by atoms with E-state index in [0.29, 0.717) is 0 Å². The molecule has 0 spiro atoms. The van der Waals surface area contributed by atoms with Crippen LogP contribution in [0.4, 0.5) is 4.39 Å². The molecule has 0 saturated carbocycles. The van der Waals surface area contributed by atoms with Crippen molar-refractivity contribution >= 4 is 0 Å².